The van der Waals surface area contributed by atoms with E-state index < -0.39 is 0 Å². The summed E-state index contributed by atoms with van der Waals surface area (Å²) in [5.41, 5.74) is 4.04. The SMILES string of the molecule is Cc1cnc(C(=O)N(Cc2scnc2C)C[C@H]2CCNC2)cn1. The molecule has 0 aliphatic carbocycles. The lowest BCUT2D eigenvalue weighted by atomic mass is 10.1. The molecule has 3 heterocycles. The number of carbonyl (C=O) groups is 1. The maximum atomic E-state index is 12.9. The van der Waals surface area contributed by atoms with Gasteiger partial charge in [0.2, 0.25) is 0 Å². The van der Waals surface area contributed by atoms with E-state index in [4.69, 9.17) is 0 Å². The third-order valence-corrected chi connectivity index (χ3v) is 5.03. The minimum absolute atomic E-state index is 0.0581. The van der Waals surface area contributed by atoms with Crippen LogP contribution < -0.4 is 5.32 Å². The number of nitrogens with zero attached hydrogens (tertiary/aromatic N) is 4. The molecule has 2 aromatic rings. The maximum absolute atomic E-state index is 12.9. The number of amides is 1. The van der Waals surface area contributed by atoms with Gasteiger partial charge >= 0.3 is 0 Å². The zero-order valence-corrected chi connectivity index (χ0v) is 14.3. The summed E-state index contributed by atoms with van der Waals surface area (Å²) in [6, 6.07) is 0. The van der Waals surface area contributed by atoms with Crippen molar-refractivity contribution in [2.75, 3.05) is 19.6 Å². The van der Waals surface area contributed by atoms with Crippen LogP contribution in [0.15, 0.2) is 17.9 Å². The summed E-state index contributed by atoms with van der Waals surface area (Å²) in [6.45, 7) is 7.16. The molecule has 0 radical (unpaired) electrons. The second-order valence-electron chi connectivity index (χ2n) is 5.95. The van der Waals surface area contributed by atoms with Gasteiger partial charge in [0.1, 0.15) is 5.69 Å². The first-order chi connectivity index (χ1) is 11.1. The van der Waals surface area contributed by atoms with Gasteiger partial charge in [0, 0.05) is 17.6 Å². The lowest BCUT2D eigenvalue weighted by molar-refractivity contribution is 0.0713. The Morgan fingerprint density at radius 2 is 2.22 bits per heavy atom. The second-order valence-corrected chi connectivity index (χ2v) is 6.89. The van der Waals surface area contributed by atoms with Crippen LogP contribution in [0.4, 0.5) is 0 Å². The largest absolute Gasteiger partial charge is 0.332 e. The minimum atomic E-state index is -0.0581. The fourth-order valence-electron chi connectivity index (χ4n) is 2.72. The van der Waals surface area contributed by atoms with E-state index in [9.17, 15) is 4.79 Å². The Kier molecular flexibility index (Phi) is 4.97. The van der Waals surface area contributed by atoms with E-state index in [0.717, 1.165) is 42.3 Å². The lowest BCUT2D eigenvalue weighted by Gasteiger charge is -2.25. The molecule has 1 N–H and O–H groups in total. The van der Waals surface area contributed by atoms with Crippen molar-refractivity contribution in [2.24, 2.45) is 5.92 Å². The van der Waals surface area contributed by atoms with E-state index in [1.54, 1.807) is 23.7 Å². The smallest absolute Gasteiger partial charge is 0.274 e. The van der Waals surface area contributed by atoms with Gasteiger partial charge in [-0.15, -0.1) is 11.3 Å². The summed E-state index contributed by atoms with van der Waals surface area (Å²) in [5.74, 6) is 0.433. The number of hydrogen-bond donors (Lipinski definition) is 1. The Balaban J connectivity index is 1.79. The molecule has 3 rings (SSSR count). The van der Waals surface area contributed by atoms with Crippen molar-refractivity contribution in [1.29, 1.82) is 0 Å². The summed E-state index contributed by atoms with van der Waals surface area (Å²) in [4.78, 5) is 28.6. The number of hydrogen-bond acceptors (Lipinski definition) is 6. The van der Waals surface area contributed by atoms with Crippen molar-refractivity contribution in [1.82, 2.24) is 25.2 Å². The Hall–Kier alpha value is -1.86. The predicted molar refractivity (Wildman–Crippen MR) is 89.3 cm³/mol. The topological polar surface area (TPSA) is 71.0 Å². The van der Waals surface area contributed by atoms with Crippen molar-refractivity contribution >= 4 is 17.2 Å². The van der Waals surface area contributed by atoms with Gasteiger partial charge < -0.3 is 10.2 Å². The highest BCUT2D eigenvalue weighted by molar-refractivity contribution is 7.09. The van der Waals surface area contributed by atoms with Crippen molar-refractivity contribution in [3.8, 4) is 0 Å². The molecular weight excluding hydrogens is 310 g/mol. The van der Waals surface area contributed by atoms with Gasteiger partial charge in [-0.3, -0.25) is 9.78 Å². The highest BCUT2D eigenvalue weighted by Crippen LogP contribution is 2.19. The molecule has 1 saturated heterocycles. The van der Waals surface area contributed by atoms with Crippen LogP contribution in [0.2, 0.25) is 0 Å². The summed E-state index contributed by atoms with van der Waals surface area (Å²) >= 11 is 1.59. The molecular formula is C16H21N5OS. The van der Waals surface area contributed by atoms with E-state index in [1.807, 2.05) is 24.3 Å². The van der Waals surface area contributed by atoms with E-state index in [2.05, 4.69) is 20.3 Å². The van der Waals surface area contributed by atoms with Crippen molar-refractivity contribution < 1.29 is 4.79 Å². The number of nitrogens with one attached hydrogen (secondary N) is 1. The Bertz CT molecular complexity index is 663. The third kappa shape index (κ3) is 3.92. The molecule has 1 aliphatic rings. The molecule has 1 fully saturated rings. The lowest BCUT2D eigenvalue weighted by Crippen LogP contribution is -2.36. The number of carbonyl (C=O) groups excluding carboxylic acids is 1. The zero-order valence-electron chi connectivity index (χ0n) is 13.5. The summed E-state index contributed by atoms with van der Waals surface area (Å²) in [7, 11) is 0. The highest BCUT2D eigenvalue weighted by atomic mass is 32.1. The number of aryl methyl sites for hydroxylation is 2. The van der Waals surface area contributed by atoms with Crippen LogP contribution in [0.5, 0.6) is 0 Å². The van der Waals surface area contributed by atoms with E-state index >= 15 is 0 Å². The van der Waals surface area contributed by atoms with Crippen LogP contribution >= 0.6 is 11.3 Å². The van der Waals surface area contributed by atoms with E-state index in [1.165, 1.54) is 0 Å². The Morgan fingerprint density at radius 3 is 2.83 bits per heavy atom. The molecule has 0 aromatic carbocycles. The summed E-state index contributed by atoms with van der Waals surface area (Å²) in [5, 5.41) is 3.36. The standard InChI is InChI=1S/C16H21N5OS/c1-11-5-19-14(7-18-11)16(22)21(8-13-3-4-17-6-13)9-15-12(2)20-10-23-15/h5,7,10,13,17H,3-4,6,8-9H2,1-2H3/t13-/m0/s1. The van der Waals surface area contributed by atoms with Gasteiger partial charge in [0.25, 0.3) is 5.91 Å². The first-order valence-corrected chi connectivity index (χ1v) is 8.69. The summed E-state index contributed by atoms with van der Waals surface area (Å²) < 4.78 is 0. The van der Waals surface area contributed by atoms with Crippen LogP contribution in [-0.2, 0) is 6.54 Å². The van der Waals surface area contributed by atoms with Gasteiger partial charge in [-0.2, -0.15) is 0 Å². The fraction of sp³-hybridized carbons (Fsp3) is 0.500. The number of rotatable bonds is 5. The number of aromatic nitrogens is 3. The minimum Gasteiger partial charge on any atom is -0.332 e. The van der Waals surface area contributed by atoms with Crippen LogP contribution in [0, 0.1) is 19.8 Å². The molecule has 6 nitrogen and oxygen atoms in total. The molecule has 0 bridgehead atoms. The van der Waals surface area contributed by atoms with Crippen molar-refractivity contribution in [3.63, 3.8) is 0 Å². The highest BCUT2D eigenvalue weighted by Gasteiger charge is 2.24. The molecule has 1 aliphatic heterocycles. The third-order valence-electron chi connectivity index (χ3n) is 4.11. The molecule has 1 atom stereocenters. The maximum Gasteiger partial charge on any atom is 0.274 e. The zero-order chi connectivity index (χ0) is 16.2. The van der Waals surface area contributed by atoms with Gasteiger partial charge in [0.05, 0.1) is 29.6 Å². The molecule has 0 spiro atoms. The van der Waals surface area contributed by atoms with Gasteiger partial charge in [-0.1, -0.05) is 0 Å². The molecule has 0 unspecified atom stereocenters. The predicted octanol–water partition coefficient (Wildman–Crippen LogP) is 1.80. The molecule has 7 heteroatoms. The van der Waals surface area contributed by atoms with Gasteiger partial charge in [-0.25, -0.2) is 9.97 Å². The van der Waals surface area contributed by atoms with Crippen LogP contribution in [0.1, 0.15) is 33.2 Å². The van der Waals surface area contributed by atoms with Gasteiger partial charge in [-0.05, 0) is 39.3 Å². The molecule has 0 saturated carbocycles. The van der Waals surface area contributed by atoms with Crippen LogP contribution in [-0.4, -0.2) is 45.4 Å². The second kappa shape index (κ2) is 7.14. The Labute approximate surface area is 140 Å². The van der Waals surface area contributed by atoms with Crippen molar-refractivity contribution in [3.05, 3.63) is 39.9 Å². The first-order valence-electron chi connectivity index (χ1n) is 7.81. The first kappa shape index (κ1) is 16.0. The monoisotopic (exact) mass is 331 g/mol. The molecule has 122 valence electrons. The van der Waals surface area contributed by atoms with E-state index in [-0.39, 0.29) is 5.91 Å². The van der Waals surface area contributed by atoms with Crippen LogP contribution in [0.3, 0.4) is 0 Å². The van der Waals surface area contributed by atoms with Crippen LogP contribution in [0.25, 0.3) is 0 Å². The average molecular weight is 331 g/mol. The van der Waals surface area contributed by atoms with Crippen molar-refractivity contribution in [2.45, 2.75) is 26.8 Å². The number of thiazole rings is 1. The Morgan fingerprint density at radius 1 is 1.35 bits per heavy atom. The van der Waals surface area contributed by atoms with Gasteiger partial charge in [0.15, 0.2) is 0 Å². The normalized spacial score (nSPS) is 17.4. The quantitative estimate of drug-likeness (QED) is 0.904. The molecule has 2 aromatic heterocycles. The summed E-state index contributed by atoms with van der Waals surface area (Å²) in [6.07, 6.45) is 4.31. The molecule has 1 amide bonds. The molecule has 23 heavy (non-hydrogen) atoms. The van der Waals surface area contributed by atoms with E-state index in [0.29, 0.717) is 18.2 Å². The fourth-order valence-corrected chi connectivity index (χ4v) is 3.51. The average Bonchev–Trinajstić information content (AvgIpc) is 3.19.